The summed E-state index contributed by atoms with van der Waals surface area (Å²) in [6.45, 7) is 2.41. The first-order chi connectivity index (χ1) is 14.2. The van der Waals surface area contributed by atoms with Crippen molar-refractivity contribution in [3.8, 4) is 5.69 Å². The Labute approximate surface area is 165 Å². The van der Waals surface area contributed by atoms with Crippen molar-refractivity contribution in [3.63, 3.8) is 0 Å². The molecule has 1 aliphatic heterocycles. The molecule has 9 heteroatoms. The fourth-order valence-electron chi connectivity index (χ4n) is 3.53. The molecule has 0 radical (unpaired) electrons. The predicted molar refractivity (Wildman–Crippen MR) is 103 cm³/mol. The van der Waals surface area contributed by atoms with Crippen molar-refractivity contribution >= 4 is 22.8 Å². The largest absolute Gasteiger partial charge is 0.459 e. The zero-order valence-electron chi connectivity index (χ0n) is 15.4. The van der Waals surface area contributed by atoms with E-state index in [0.29, 0.717) is 37.6 Å². The Bertz CT molecular complexity index is 1150. The number of piperazine rings is 1. The highest BCUT2D eigenvalue weighted by atomic mass is 19.1. The van der Waals surface area contributed by atoms with Gasteiger partial charge in [-0.05, 0) is 36.4 Å². The fourth-order valence-corrected chi connectivity index (χ4v) is 3.53. The number of amides is 1. The van der Waals surface area contributed by atoms with E-state index in [-0.39, 0.29) is 11.7 Å². The SMILES string of the molecule is O=C(c1ccco1)N1CCN(c2ncnc3c2cnn3-c2ccc(F)cc2)CC1. The van der Waals surface area contributed by atoms with Crippen LogP contribution >= 0.6 is 0 Å². The standard InChI is InChI=1S/C20H17FN6O2/c21-14-3-5-15(6-4-14)27-19-16(12-24-27)18(22-13-23-19)25-7-9-26(10-8-25)20(28)17-2-1-11-29-17/h1-6,11-13H,7-10H2. The van der Waals surface area contributed by atoms with E-state index in [0.717, 1.165) is 16.9 Å². The average Bonchev–Trinajstić information content (AvgIpc) is 3.44. The van der Waals surface area contributed by atoms with Crippen LogP contribution in [-0.4, -0.2) is 56.7 Å². The number of fused-ring (bicyclic) bond motifs is 1. The van der Waals surface area contributed by atoms with Crippen molar-refractivity contribution < 1.29 is 13.6 Å². The maximum atomic E-state index is 13.2. The lowest BCUT2D eigenvalue weighted by molar-refractivity contribution is 0.0714. The van der Waals surface area contributed by atoms with Gasteiger partial charge in [0.1, 0.15) is 18.0 Å². The van der Waals surface area contributed by atoms with Crippen LogP contribution in [0.2, 0.25) is 0 Å². The summed E-state index contributed by atoms with van der Waals surface area (Å²) in [5.74, 6) is 0.714. The number of benzene rings is 1. The zero-order chi connectivity index (χ0) is 19.8. The molecule has 0 aliphatic carbocycles. The second-order valence-electron chi connectivity index (χ2n) is 6.72. The predicted octanol–water partition coefficient (Wildman–Crippen LogP) is 2.51. The minimum absolute atomic E-state index is 0.105. The first-order valence-electron chi connectivity index (χ1n) is 9.23. The highest BCUT2D eigenvalue weighted by Gasteiger charge is 2.26. The molecule has 0 N–H and O–H groups in total. The average molecular weight is 392 g/mol. The van der Waals surface area contributed by atoms with Crippen molar-refractivity contribution in [1.82, 2.24) is 24.6 Å². The van der Waals surface area contributed by atoms with E-state index in [1.54, 1.807) is 40.0 Å². The summed E-state index contributed by atoms with van der Waals surface area (Å²) in [4.78, 5) is 25.2. The number of carbonyl (C=O) groups is 1. The van der Waals surface area contributed by atoms with Gasteiger partial charge in [-0.15, -0.1) is 0 Å². The van der Waals surface area contributed by atoms with E-state index < -0.39 is 0 Å². The molecule has 5 rings (SSSR count). The van der Waals surface area contributed by atoms with Gasteiger partial charge in [-0.1, -0.05) is 0 Å². The molecule has 0 bridgehead atoms. The number of halogens is 1. The smallest absolute Gasteiger partial charge is 0.289 e. The van der Waals surface area contributed by atoms with Crippen LogP contribution in [0.15, 0.2) is 59.6 Å². The van der Waals surface area contributed by atoms with Gasteiger partial charge >= 0.3 is 0 Å². The van der Waals surface area contributed by atoms with Gasteiger partial charge in [0, 0.05) is 26.2 Å². The Hall–Kier alpha value is -3.75. The fraction of sp³-hybridized carbons (Fsp3) is 0.200. The van der Waals surface area contributed by atoms with Gasteiger partial charge in [0.25, 0.3) is 5.91 Å². The zero-order valence-corrected chi connectivity index (χ0v) is 15.4. The lowest BCUT2D eigenvalue weighted by atomic mass is 10.2. The van der Waals surface area contributed by atoms with E-state index in [1.807, 2.05) is 0 Å². The summed E-state index contributed by atoms with van der Waals surface area (Å²) in [5.41, 5.74) is 1.37. The van der Waals surface area contributed by atoms with Gasteiger partial charge in [0.15, 0.2) is 11.4 Å². The van der Waals surface area contributed by atoms with Crippen LogP contribution in [-0.2, 0) is 0 Å². The Morgan fingerprint density at radius 1 is 1.03 bits per heavy atom. The number of hydrogen-bond donors (Lipinski definition) is 0. The quantitative estimate of drug-likeness (QED) is 0.533. The number of nitrogens with zero attached hydrogens (tertiary/aromatic N) is 6. The van der Waals surface area contributed by atoms with Gasteiger partial charge < -0.3 is 14.2 Å². The Morgan fingerprint density at radius 3 is 2.55 bits per heavy atom. The molecule has 0 saturated carbocycles. The maximum Gasteiger partial charge on any atom is 0.289 e. The number of hydrogen-bond acceptors (Lipinski definition) is 6. The molecule has 1 saturated heterocycles. The van der Waals surface area contributed by atoms with E-state index >= 15 is 0 Å². The van der Waals surface area contributed by atoms with E-state index in [1.165, 1.54) is 24.7 Å². The monoisotopic (exact) mass is 392 g/mol. The summed E-state index contributed by atoms with van der Waals surface area (Å²) in [6.07, 6.45) is 4.72. The summed E-state index contributed by atoms with van der Waals surface area (Å²) in [7, 11) is 0. The van der Waals surface area contributed by atoms with E-state index in [2.05, 4.69) is 20.0 Å². The van der Waals surface area contributed by atoms with Crippen LogP contribution in [0.1, 0.15) is 10.6 Å². The van der Waals surface area contributed by atoms with E-state index in [9.17, 15) is 9.18 Å². The van der Waals surface area contributed by atoms with Gasteiger partial charge in [0.2, 0.25) is 0 Å². The van der Waals surface area contributed by atoms with Crippen LogP contribution in [0.3, 0.4) is 0 Å². The summed E-state index contributed by atoms with van der Waals surface area (Å²) in [5, 5.41) is 5.22. The molecule has 1 fully saturated rings. The normalized spacial score (nSPS) is 14.5. The molecule has 4 aromatic rings. The molecule has 1 amide bonds. The van der Waals surface area contributed by atoms with Gasteiger partial charge in [-0.2, -0.15) is 5.10 Å². The highest BCUT2D eigenvalue weighted by molar-refractivity contribution is 5.92. The van der Waals surface area contributed by atoms with Crippen molar-refractivity contribution in [2.75, 3.05) is 31.1 Å². The third kappa shape index (κ3) is 3.10. The van der Waals surface area contributed by atoms with Gasteiger partial charge in [0.05, 0.1) is 23.5 Å². The lowest BCUT2D eigenvalue weighted by Gasteiger charge is -2.35. The van der Waals surface area contributed by atoms with Crippen molar-refractivity contribution in [2.45, 2.75) is 0 Å². The Morgan fingerprint density at radius 2 is 1.83 bits per heavy atom. The third-order valence-corrected chi connectivity index (χ3v) is 5.01. The number of anilines is 1. The minimum Gasteiger partial charge on any atom is -0.459 e. The number of carbonyl (C=O) groups excluding carboxylic acids is 1. The van der Waals surface area contributed by atoms with Crippen molar-refractivity contribution in [1.29, 1.82) is 0 Å². The topological polar surface area (TPSA) is 80.3 Å². The molecule has 1 aliphatic rings. The van der Waals surface area contributed by atoms with Crippen LogP contribution in [0.25, 0.3) is 16.7 Å². The molecule has 3 aromatic heterocycles. The van der Waals surface area contributed by atoms with Crippen LogP contribution in [0.5, 0.6) is 0 Å². The molecule has 29 heavy (non-hydrogen) atoms. The molecule has 0 unspecified atom stereocenters. The molecular weight excluding hydrogens is 375 g/mol. The Balaban J connectivity index is 1.39. The first kappa shape index (κ1) is 17.4. The summed E-state index contributed by atoms with van der Waals surface area (Å²) in [6, 6.07) is 9.47. The molecule has 146 valence electrons. The van der Waals surface area contributed by atoms with Gasteiger partial charge in [-0.25, -0.2) is 19.0 Å². The maximum absolute atomic E-state index is 13.2. The van der Waals surface area contributed by atoms with Crippen LogP contribution in [0, 0.1) is 5.82 Å². The number of rotatable bonds is 3. The molecule has 8 nitrogen and oxygen atoms in total. The molecule has 0 atom stereocenters. The molecule has 0 spiro atoms. The van der Waals surface area contributed by atoms with Crippen LogP contribution in [0.4, 0.5) is 10.2 Å². The molecular formula is C20H17FN6O2. The van der Waals surface area contributed by atoms with Crippen molar-refractivity contribution in [2.24, 2.45) is 0 Å². The number of furan rings is 1. The molecule has 1 aromatic carbocycles. The highest BCUT2D eigenvalue weighted by Crippen LogP contribution is 2.25. The third-order valence-electron chi connectivity index (χ3n) is 5.01. The first-order valence-corrected chi connectivity index (χ1v) is 9.23. The van der Waals surface area contributed by atoms with Crippen LogP contribution < -0.4 is 4.90 Å². The summed E-state index contributed by atoms with van der Waals surface area (Å²) < 4.78 is 20.1. The van der Waals surface area contributed by atoms with E-state index in [4.69, 9.17) is 4.42 Å². The van der Waals surface area contributed by atoms with Crippen molar-refractivity contribution in [3.05, 3.63) is 66.8 Å². The lowest BCUT2D eigenvalue weighted by Crippen LogP contribution is -2.49. The number of aromatic nitrogens is 4. The Kier molecular flexibility index (Phi) is 4.19. The second-order valence-corrected chi connectivity index (χ2v) is 6.72. The minimum atomic E-state index is -0.303. The summed E-state index contributed by atoms with van der Waals surface area (Å²) >= 11 is 0. The van der Waals surface area contributed by atoms with Gasteiger partial charge in [-0.3, -0.25) is 4.79 Å². The molecule has 4 heterocycles. The second kappa shape index (κ2) is 7.01.